The first-order valence-corrected chi connectivity index (χ1v) is 21.1. The van der Waals surface area contributed by atoms with Crippen molar-refractivity contribution in [2.45, 2.75) is 115 Å². The zero-order valence-corrected chi connectivity index (χ0v) is 36.0. The molecule has 0 aliphatic carbocycles. The van der Waals surface area contributed by atoms with Crippen LogP contribution in [0.5, 0.6) is 11.5 Å². The zero-order valence-electron chi connectivity index (χ0n) is 36.0. The van der Waals surface area contributed by atoms with Gasteiger partial charge in [-0.25, -0.2) is 15.0 Å². The van der Waals surface area contributed by atoms with Crippen molar-refractivity contribution >= 4 is 22.2 Å². The van der Waals surface area contributed by atoms with Gasteiger partial charge in [0.25, 0.3) is 0 Å². The topological polar surface area (TPSA) is 213 Å². The molecule has 2 unspecified atom stereocenters. The second kappa shape index (κ2) is 14.2. The first-order valence-electron chi connectivity index (χ1n) is 21.1. The molecule has 2 aliphatic heterocycles. The molecule has 8 aromatic rings. The summed E-state index contributed by atoms with van der Waals surface area (Å²) >= 11 is 0. The van der Waals surface area contributed by atoms with Gasteiger partial charge in [-0.3, -0.25) is 5.10 Å². The summed E-state index contributed by atoms with van der Waals surface area (Å²) in [6, 6.07) is 9.57. The summed E-state index contributed by atoms with van der Waals surface area (Å²) in [7, 11) is 0. The van der Waals surface area contributed by atoms with Crippen LogP contribution in [0.2, 0.25) is 0 Å². The van der Waals surface area contributed by atoms with E-state index in [9.17, 15) is 10.2 Å². The molecule has 10 rings (SSSR count). The van der Waals surface area contributed by atoms with E-state index in [0.29, 0.717) is 34.8 Å². The third kappa shape index (κ3) is 7.44. The molecule has 0 aromatic carbocycles. The zero-order chi connectivity index (χ0) is 43.2. The molecule has 17 heteroatoms. The minimum Gasteiger partial charge on any atom is -0.506 e. The van der Waals surface area contributed by atoms with Crippen molar-refractivity contribution in [3.8, 4) is 56.5 Å². The standard InChI is InChI=1S/C45H51N15O2/c1-42(2)14-31(15-43(3,4)56-42)60-25-48-35-13-34(53-55-41(35)60)39-37(62)12-28(19-47-39)30-22-51-58(23-30)24-45(7)17-32(16-44(5,6)57-45)59-9-8-26-10-33(52-54-40(26)59)38-36(61)11-27(18-46-38)29-20-49-50-21-29/h8-13,18-23,25,31-32,56-57H,14-17,24H2,1-7H3,(H3,49,50,52,53,61,62)/p+1. The Hall–Kier alpha value is -6.59. The smallest absolute Gasteiger partial charge is 0.203 e. The second-order valence-corrected chi connectivity index (χ2v) is 19.6. The van der Waals surface area contributed by atoms with Gasteiger partial charge in [-0.15, -0.1) is 25.1 Å². The summed E-state index contributed by atoms with van der Waals surface area (Å²) in [5.41, 5.74) is 6.62. The van der Waals surface area contributed by atoms with E-state index in [0.717, 1.165) is 64.6 Å². The highest BCUT2D eigenvalue weighted by molar-refractivity contribution is 5.81. The van der Waals surface area contributed by atoms with Crippen LogP contribution in [0.25, 0.3) is 67.2 Å². The molecular weight excluding hydrogens is 783 g/mol. The van der Waals surface area contributed by atoms with Crippen LogP contribution in [0.15, 0.2) is 80.0 Å². The lowest BCUT2D eigenvalue weighted by Crippen LogP contribution is -2.64. The maximum atomic E-state index is 11.3. The first kappa shape index (κ1) is 39.5. The Morgan fingerprint density at radius 1 is 0.661 bits per heavy atom. The Labute approximate surface area is 358 Å². The molecule has 2 atom stereocenters. The number of piperidine rings is 2. The molecule has 0 spiro atoms. The number of aromatic amines is 2. The Bertz CT molecular complexity index is 2950. The van der Waals surface area contributed by atoms with Gasteiger partial charge in [-0.1, -0.05) is 0 Å². The normalized spacial score (nSPS) is 21.2. The van der Waals surface area contributed by atoms with Crippen LogP contribution in [0, 0.1) is 0 Å². The molecule has 2 saturated heterocycles. The summed E-state index contributed by atoms with van der Waals surface area (Å²) in [4.78, 5) is 13.9. The number of rotatable bonds is 8. The van der Waals surface area contributed by atoms with Crippen LogP contribution in [-0.4, -0.2) is 92.1 Å². The van der Waals surface area contributed by atoms with E-state index in [-0.39, 0.29) is 45.7 Å². The summed E-state index contributed by atoms with van der Waals surface area (Å²) in [6.45, 7) is 16.3. The average Bonchev–Trinajstić information content (AvgIpc) is 4.03. The van der Waals surface area contributed by atoms with Crippen molar-refractivity contribution in [2.75, 3.05) is 0 Å². The molecular formula is C45H52N15O2+. The number of pyridine rings is 2. The summed E-state index contributed by atoms with van der Waals surface area (Å²) < 4.78 is 6.44. The molecule has 2 fully saturated rings. The van der Waals surface area contributed by atoms with Gasteiger partial charge in [0.2, 0.25) is 6.20 Å². The Morgan fingerprint density at radius 3 is 1.95 bits per heavy atom. The summed E-state index contributed by atoms with van der Waals surface area (Å²) in [5, 5.41) is 59.2. The first-order chi connectivity index (χ1) is 29.5. The molecule has 0 bridgehead atoms. The highest BCUT2D eigenvalue weighted by atomic mass is 16.3. The molecule has 6 N–H and O–H groups in total. The van der Waals surface area contributed by atoms with E-state index in [1.807, 2.05) is 36.9 Å². The number of aromatic hydroxyl groups is 2. The van der Waals surface area contributed by atoms with Crippen LogP contribution in [0.3, 0.4) is 0 Å². The van der Waals surface area contributed by atoms with E-state index in [1.54, 1.807) is 36.9 Å². The van der Waals surface area contributed by atoms with Gasteiger partial charge in [0.1, 0.15) is 39.8 Å². The fourth-order valence-corrected chi connectivity index (χ4v) is 10.5. The van der Waals surface area contributed by atoms with Gasteiger partial charge in [0.05, 0.1) is 29.8 Å². The van der Waals surface area contributed by atoms with Gasteiger partial charge < -0.3 is 30.0 Å². The number of nitrogens with one attached hydrogen (secondary N) is 4. The fourth-order valence-electron chi connectivity index (χ4n) is 10.5. The number of nitrogens with zero attached hydrogens (tertiary/aromatic N) is 11. The molecule has 17 nitrogen and oxygen atoms in total. The monoisotopic (exact) mass is 834 g/mol. The maximum Gasteiger partial charge on any atom is 0.203 e. The van der Waals surface area contributed by atoms with E-state index in [4.69, 9.17) is 4.98 Å². The van der Waals surface area contributed by atoms with Crippen molar-refractivity contribution in [3.63, 3.8) is 0 Å². The molecule has 0 amide bonds. The number of hydrogen-bond donors (Lipinski definition) is 6. The lowest BCUT2D eigenvalue weighted by Gasteiger charge is -2.46. The predicted molar refractivity (Wildman–Crippen MR) is 234 cm³/mol. The molecule has 0 radical (unpaired) electrons. The third-order valence-corrected chi connectivity index (χ3v) is 12.4. The lowest BCUT2D eigenvalue weighted by atomic mass is 9.78. The van der Waals surface area contributed by atoms with Crippen molar-refractivity contribution in [1.82, 2.24) is 70.4 Å². The van der Waals surface area contributed by atoms with E-state index < -0.39 is 0 Å². The lowest BCUT2D eigenvalue weighted by molar-refractivity contribution is -0.756. The van der Waals surface area contributed by atoms with Gasteiger partial charge in [0.15, 0.2) is 17.8 Å². The highest BCUT2D eigenvalue weighted by Gasteiger charge is 2.44. The molecule has 2 aliphatic rings. The van der Waals surface area contributed by atoms with Crippen LogP contribution in [-0.2, 0) is 6.54 Å². The van der Waals surface area contributed by atoms with Crippen molar-refractivity contribution in [3.05, 3.63) is 80.0 Å². The quantitative estimate of drug-likeness (QED) is 0.0916. The number of imidazole rings is 1. The fraction of sp³-hybridized carbons (Fsp3) is 0.400. The van der Waals surface area contributed by atoms with E-state index in [1.165, 1.54) is 0 Å². The number of hydrogen-bond acceptors (Lipinski definition) is 12. The molecule has 0 saturated carbocycles. The highest BCUT2D eigenvalue weighted by Crippen LogP contribution is 2.40. The Morgan fingerprint density at radius 2 is 1.29 bits per heavy atom. The summed E-state index contributed by atoms with van der Waals surface area (Å²) in [6.07, 6.45) is 18.4. The Kier molecular flexibility index (Phi) is 9.08. The number of H-pyrrole nitrogens is 2. The second-order valence-electron chi connectivity index (χ2n) is 19.6. The number of fused-ring (bicyclic) bond motifs is 2. The molecule has 318 valence electrons. The molecule has 62 heavy (non-hydrogen) atoms. The predicted octanol–water partition coefficient (Wildman–Crippen LogP) is 6.42. The molecule has 10 heterocycles. The average molecular weight is 835 g/mol. The van der Waals surface area contributed by atoms with Gasteiger partial charge in [0, 0.05) is 75.6 Å². The van der Waals surface area contributed by atoms with Crippen LogP contribution in [0.4, 0.5) is 0 Å². The van der Waals surface area contributed by atoms with Gasteiger partial charge >= 0.3 is 0 Å². The SMILES string of the molecule is CC1(C)CC(n2cnc3cc(-c4ncc(-c5c[nH][n+](CC6(C)CC(n7ccc8cc(-c9ncc(-c%10cn[nH]c%10)cc9O)nnc87)CC(C)(C)N6)c5)cc4O)nnc32)CC(C)(C)N1. The molecule has 8 aromatic heterocycles. The Balaban J connectivity index is 0.847. The van der Waals surface area contributed by atoms with Gasteiger partial charge in [-0.05, 0) is 104 Å². The minimum atomic E-state index is -0.301. The third-order valence-electron chi connectivity index (χ3n) is 12.4. The van der Waals surface area contributed by atoms with Crippen molar-refractivity contribution in [2.24, 2.45) is 0 Å². The van der Waals surface area contributed by atoms with Crippen molar-refractivity contribution < 1.29 is 14.9 Å². The minimum absolute atomic E-state index is 0.0150. The summed E-state index contributed by atoms with van der Waals surface area (Å²) in [5.74, 6) is 0.0394. The largest absolute Gasteiger partial charge is 0.506 e. The van der Waals surface area contributed by atoms with E-state index in [2.05, 4.69) is 125 Å². The maximum absolute atomic E-state index is 11.3. The van der Waals surface area contributed by atoms with Crippen molar-refractivity contribution in [1.29, 1.82) is 0 Å². The van der Waals surface area contributed by atoms with E-state index >= 15 is 0 Å². The number of aromatic nitrogens is 13. The van der Waals surface area contributed by atoms with Crippen LogP contribution < -0.4 is 15.3 Å². The van der Waals surface area contributed by atoms with Crippen LogP contribution >= 0.6 is 0 Å². The van der Waals surface area contributed by atoms with Crippen LogP contribution in [0.1, 0.15) is 86.2 Å². The van der Waals surface area contributed by atoms with Gasteiger partial charge in [-0.2, -0.15) is 10.2 Å².